The number of sulfonamides is 1. The summed E-state index contributed by atoms with van der Waals surface area (Å²) < 4.78 is 36.5. The number of piperazine rings is 1. The Morgan fingerprint density at radius 2 is 1.64 bits per heavy atom. The third-order valence-electron chi connectivity index (χ3n) is 9.09. The van der Waals surface area contributed by atoms with Gasteiger partial charge in [-0.05, 0) is 89.5 Å². The van der Waals surface area contributed by atoms with Gasteiger partial charge in [0.05, 0.1) is 31.5 Å². The molecule has 0 spiro atoms. The molecule has 2 aliphatic heterocycles. The lowest BCUT2D eigenvalue weighted by molar-refractivity contribution is -0.0538. The molecular formula is C25H44N4O6S. The molecule has 10 nitrogen and oxygen atoms in total. The van der Waals surface area contributed by atoms with Crippen molar-refractivity contribution in [2.75, 3.05) is 33.5 Å². The zero-order chi connectivity index (χ0) is 26.0. The maximum Gasteiger partial charge on any atom is 0.411 e. The highest BCUT2D eigenvalue weighted by Gasteiger charge is 2.49. The number of amides is 2. The Hall–Kier alpha value is -1.59. The maximum atomic E-state index is 13.4. The molecule has 5 atom stereocenters. The van der Waals surface area contributed by atoms with Gasteiger partial charge in [0.2, 0.25) is 10.0 Å². The third-order valence-corrected chi connectivity index (χ3v) is 10.4. The molecule has 2 amide bonds. The summed E-state index contributed by atoms with van der Waals surface area (Å²) in [6, 6.07) is -0.278. The summed E-state index contributed by atoms with van der Waals surface area (Å²) >= 11 is 0. The predicted octanol–water partition coefficient (Wildman–Crippen LogP) is 2.98. The van der Waals surface area contributed by atoms with Crippen LogP contribution in [0.4, 0.5) is 9.59 Å². The van der Waals surface area contributed by atoms with Crippen LogP contribution in [0, 0.1) is 11.8 Å². The number of fused-ring (bicyclic) bond motifs is 1. The minimum Gasteiger partial charge on any atom is -0.453 e. The van der Waals surface area contributed by atoms with Crippen LogP contribution in [0.15, 0.2) is 0 Å². The molecule has 11 heteroatoms. The number of carbonyl (C=O) groups excluding carboxylic acids is 2. The quantitative estimate of drug-likeness (QED) is 0.598. The Bertz CT molecular complexity index is 887. The fraction of sp³-hybridized carbons (Fsp3) is 0.920. The maximum absolute atomic E-state index is 13.4. The van der Waals surface area contributed by atoms with Gasteiger partial charge in [0.1, 0.15) is 0 Å². The lowest BCUT2D eigenvalue weighted by Crippen LogP contribution is -2.67. The number of hydrogen-bond acceptors (Lipinski definition) is 7. The standard InChI is InChI=1S/C25H44N4O6S/c1-17-16-28(24(30)35-23-7-5-6-14-26-23)22-15-19(10-13-21(22)29(17)25(31)34-3)18-8-11-20(12-9-18)27(2)36(4,32)33/h17-23,26H,5-16H2,1-4H3/t17-,18?,19?,20?,21?,22?,23?/m0/s1. The van der Waals surface area contributed by atoms with Crippen molar-refractivity contribution in [1.29, 1.82) is 0 Å². The van der Waals surface area contributed by atoms with Crippen LogP contribution in [0.5, 0.6) is 0 Å². The van der Waals surface area contributed by atoms with Gasteiger partial charge in [-0.2, -0.15) is 0 Å². The number of ether oxygens (including phenoxy) is 2. The summed E-state index contributed by atoms with van der Waals surface area (Å²) in [5.74, 6) is 0.936. The van der Waals surface area contributed by atoms with Crippen LogP contribution in [-0.4, -0.2) is 98.6 Å². The van der Waals surface area contributed by atoms with Crippen molar-refractivity contribution < 1.29 is 27.5 Å². The molecule has 4 unspecified atom stereocenters. The molecule has 1 N–H and O–H groups in total. The molecule has 4 rings (SSSR count). The molecule has 0 aromatic heterocycles. The highest BCUT2D eigenvalue weighted by Crippen LogP contribution is 2.43. The molecule has 2 heterocycles. The Labute approximate surface area is 216 Å². The molecule has 0 radical (unpaired) electrons. The summed E-state index contributed by atoms with van der Waals surface area (Å²) in [6.45, 7) is 3.26. The average Bonchev–Trinajstić information content (AvgIpc) is 2.87. The minimum absolute atomic E-state index is 0.0624. The molecular weight excluding hydrogens is 484 g/mol. The first-order valence-corrected chi connectivity index (χ1v) is 15.4. The van der Waals surface area contributed by atoms with Gasteiger partial charge in [0.15, 0.2) is 6.23 Å². The topological polar surface area (TPSA) is 108 Å². The fourth-order valence-electron chi connectivity index (χ4n) is 7.03. The fourth-order valence-corrected chi connectivity index (χ4v) is 7.79. The SMILES string of the molecule is COC(=O)N1C2CCC(C3CCC(N(C)S(C)(=O)=O)CC3)CC2N(C(=O)OC2CCCCN2)C[C@@H]1C. The first-order chi connectivity index (χ1) is 17.1. The van der Waals surface area contributed by atoms with Gasteiger partial charge in [0.25, 0.3) is 0 Å². The van der Waals surface area contributed by atoms with Crippen LogP contribution < -0.4 is 5.32 Å². The Morgan fingerprint density at radius 3 is 2.25 bits per heavy atom. The zero-order valence-electron chi connectivity index (χ0n) is 22.2. The molecule has 4 fully saturated rings. The van der Waals surface area contributed by atoms with Gasteiger partial charge in [-0.15, -0.1) is 0 Å². The number of piperidine rings is 1. The van der Waals surface area contributed by atoms with E-state index in [-0.39, 0.29) is 42.6 Å². The van der Waals surface area contributed by atoms with Crippen LogP contribution in [0.25, 0.3) is 0 Å². The number of nitrogens with zero attached hydrogens (tertiary/aromatic N) is 3. The van der Waals surface area contributed by atoms with Crippen LogP contribution in [0.3, 0.4) is 0 Å². The Kier molecular flexibility index (Phi) is 8.71. The molecule has 2 saturated heterocycles. The molecule has 0 bridgehead atoms. The van der Waals surface area contributed by atoms with Crippen LogP contribution >= 0.6 is 0 Å². The predicted molar refractivity (Wildman–Crippen MR) is 136 cm³/mol. The molecule has 0 aromatic rings. The molecule has 206 valence electrons. The Morgan fingerprint density at radius 1 is 0.944 bits per heavy atom. The van der Waals surface area contributed by atoms with E-state index in [0.717, 1.165) is 70.8 Å². The van der Waals surface area contributed by atoms with E-state index in [0.29, 0.717) is 18.4 Å². The second-order valence-corrected chi connectivity index (χ2v) is 13.3. The second-order valence-electron chi connectivity index (χ2n) is 11.3. The number of rotatable bonds is 4. The molecule has 36 heavy (non-hydrogen) atoms. The van der Waals surface area contributed by atoms with Crippen molar-refractivity contribution in [3.8, 4) is 0 Å². The number of hydrogen-bond donors (Lipinski definition) is 1. The van der Waals surface area contributed by atoms with Gasteiger partial charge >= 0.3 is 12.2 Å². The first kappa shape index (κ1) is 27.4. The summed E-state index contributed by atoms with van der Waals surface area (Å²) in [6.07, 6.45) is 9.71. The minimum atomic E-state index is -3.19. The second kappa shape index (κ2) is 11.4. The summed E-state index contributed by atoms with van der Waals surface area (Å²) in [5.41, 5.74) is 0. The van der Waals surface area contributed by atoms with Crippen molar-refractivity contribution >= 4 is 22.2 Å². The van der Waals surface area contributed by atoms with Gasteiger partial charge in [-0.25, -0.2) is 22.3 Å². The van der Waals surface area contributed by atoms with E-state index < -0.39 is 10.0 Å². The van der Waals surface area contributed by atoms with E-state index in [9.17, 15) is 18.0 Å². The number of nitrogens with one attached hydrogen (secondary N) is 1. The smallest absolute Gasteiger partial charge is 0.411 e. The third kappa shape index (κ3) is 5.93. The molecule has 2 aliphatic carbocycles. The van der Waals surface area contributed by atoms with Crippen molar-refractivity contribution in [1.82, 2.24) is 19.4 Å². The van der Waals surface area contributed by atoms with E-state index in [1.165, 1.54) is 17.7 Å². The first-order valence-electron chi connectivity index (χ1n) is 13.6. The Balaban J connectivity index is 1.46. The zero-order valence-corrected chi connectivity index (χ0v) is 23.0. The van der Waals surface area contributed by atoms with Crippen molar-refractivity contribution in [3.63, 3.8) is 0 Å². The highest BCUT2D eigenvalue weighted by atomic mass is 32.2. The van der Waals surface area contributed by atoms with Crippen molar-refractivity contribution in [3.05, 3.63) is 0 Å². The van der Waals surface area contributed by atoms with E-state index >= 15 is 0 Å². The van der Waals surface area contributed by atoms with Gasteiger partial charge < -0.3 is 14.4 Å². The van der Waals surface area contributed by atoms with Crippen LogP contribution in [-0.2, 0) is 19.5 Å². The van der Waals surface area contributed by atoms with E-state index in [2.05, 4.69) is 5.32 Å². The average molecular weight is 529 g/mol. The van der Waals surface area contributed by atoms with Crippen molar-refractivity contribution in [2.45, 2.75) is 102 Å². The number of carbonyl (C=O) groups is 2. The molecule has 0 aromatic carbocycles. The lowest BCUT2D eigenvalue weighted by atomic mass is 9.69. The van der Waals surface area contributed by atoms with E-state index in [4.69, 9.17) is 9.47 Å². The lowest BCUT2D eigenvalue weighted by Gasteiger charge is -2.54. The number of methoxy groups -OCH3 is 1. The normalized spacial score (nSPS) is 35.8. The highest BCUT2D eigenvalue weighted by molar-refractivity contribution is 7.88. The molecule has 4 aliphatic rings. The van der Waals surface area contributed by atoms with E-state index in [1.54, 1.807) is 7.05 Å². The van der Waals surface area contributed by atoms with Gasteiger partial charge in [-0.3, -0.25) is 10.2 Å². The van der Waals surface area contributed by atoms with Crippen LogP contribution in [0.1, 0.15) is 71.1 Å². The summed E-state index contributed by atoms with van der Waals surface area (Å²) in [7, 11) is -0.0960. The molecule has 2 saturated carbocycles. The van der Waals surface area contributed by atoms with Gasteiger partial charge in [0, 0.05) is 19.6 Å². The summed E-state index contributed by atoms with van der Waals surface area (Å²) in [4.78, 5) is 29.8. The van der Waals surface area contributed by atoms with Gasteiger partial charge in [-0.1, -0.05) is 0 Å². The summed E-state index contributed by atoms with van der Waals surface area (Å²) in [5, 5.41) is 3.29. The van der Waals surface area contributed by atoms with E-state index in [1.807, 2.05) is 16.7 Å². The van der Waals surface area contributed by atoms with Crippen molar-refractivity contribution in [2.24, 2.45) is 11.8 Å². The van der Waals surface area contributed by atoms with Crippen LogP contribution in [0.2, 0.25) is 0 Å². The monoisotopic (exact) mass is 528 g/mol. The largest absolute Gasteiger partial charge is 0.453 e.